The van der Waals surface area contributed by atoms with Gasteiger partial charge in [0.1, 0.15) is 17.7 Å². The third-order valence-electron chi connectivity index (χ3n) is 7.67. The Bertz CT molecular complexity index is 1210. The van der Waals surface area contributed by atoms with Gasteiger partial charge in [-0.05, 0) is 49.8 Å². The molecule has 2 aromatic heterocycles. The predicted octanol–water partition coefficient (Wildman–Crippen LogP) is 1.39. The summed E-state index contributed by atoms with van der Waals surface area (Å²) in [5.41, 5.74) is 7.51. The fourth-order valence-corrected chi connectivity index (χ4v) is 5.39. The van der Waals surface area contributed by atoms with Crippen molar-refractivity contribution in [3.05, 3.63) is 47.8 Å². The zero-order valence-corrected chi connectivity index (χ0v) is 21.5. The van der Waals surface area contributed by atoms with E-state index in [2.05, 4.69) is 31.9 Å². The molecule has 5 rings (SSSR count). The van der Waals surface area contributed by atoms with Crippen LogP contribution in [0.5, 0.6) is 5.75 Å². The van der Waals surface area contributed by atoms with E-state index in [9.17, 15) is 4.79 Å². The van der Waals surface area contributed by atoms with Gasteiger partial charge < -0.3 is 20.3 Å². The van der Waals surface area contributed by atoms with Gasteiger partial charge in [-0.15, -0.1) is 15.3 Å². The molecule has 3 atom stereocenters. The molecule has 3 aromatic rings. The van der Waals surface area contributed by atoms with Crippen LogP contribution in [0.25, 0.3) is 5.65 Å². The van der Waals surface area contributed by atoms with Crippen LogP contribution in [0.1, 0.15) is 17.8 Å². The van der Waals surface area contributed by atoms with Crippen LogP contribution in [-0.2, 0) is 17.8 Å². The Morgan fingerprint density at radius 3 is 2.54 bits per heavy atom. The maximum absolute atomic E-state index is 15.5. The normalized spacial score (nSPS) is 22.3. The number of nitrogens with two attached hydrogens (primary N) is 1. The van der Waals surface area contributed by atoms with Gasteiger partial charge in [-0.1, -0.05) is 12.1 Å². The molecule has 1 unspecified atom stereocenters. The van der Waals surface area contributed by atoms with Gasteiger partial charge in [0.15, 0.2) is 11.5 Å². The number of piperazine rings is 1. The van der Waals surface area contributed by atoms with Gasteiger partial charge >= 0.3 is 0 Å². The van der Waals surface area contributed by atoms with E-state index >= 15 is 4.39 Å². The summed E-state index contributed by atoms with van der Waals surface area (Å²) in [6.07, 6.45) is -0.418. The number of nitrogens with zero attached hydrogens (tertiary/aromatic N) is 7. The van der Waals surface area contributed by atoms with Crippen molar-refractivity contribution in [1.82, 2.24) is 29.6 Å². The minimum absolute atomic E-state index is 0.208. The third-order valence-corrected chi connectivity index (χ3v) is 7.67. The molecule has 2 saturated heterocycles. The maximum Gasteiger partial charge on any atom is 0.221 e. The minimum Gasteiger partial charge on any atom is -0.497 e. The van der Waals surface area contributed by atoms with E-state index in [0.29, 0.717) is 31.0 Å². The summed E-state index contributed by atoms with van der Waals surface area (Å²) < 4.78 is 22.4. The van der Waals surface area contributed by atoms with Crippen LogP contribution in [-0.4, -0.2) is 95.1 Å². The van der Waals surface area contributed by atoms with Crippen LogP contribution in [0.4, 0.5) is 10.2 Å². The van der Waals surface area contributed by atoms with Crippen LogP contribution in [0.3, 0.4) is 0 Å². The van der Waals surface area contributed by atoms with Crippen LogP contribution < -0.4 is 15.4 Å². The Balaban J connectivity index is 1.27. The molecular formula is C26H35FN8O2. The minimum atomic E-state index is -1.17. The first-order chi connectivity index (χ1) is 17.9. The number of hydrogen-bond acceptors (Lipinski definition) is 8. The van der Waals surface area contributed by atoms with Crippen molar-refractivity contribution in [2.75, 3.05) is 58.3 Å². The zero-order valence-electron chi connectivity index (χ0n) is 21.5. The van der Waals surface area contributed by atoms with E-state index in [1.54, 1.807) is 11.6 Å². The highest BCUT2D eigenvalue weighted by molar-refractivity contribution is 5.77. The highest BCUT2D eigenvalue weighted by Crippen LogP contribution is 2.31. The number of piperidine rings is 1. The molecule has 2 N–H and O–H groups in total. The number of benzene rings is 1. The molecule has 1 aromatic carbocycles. The third kappa shape index (κ3) is 5.67. The van der Waals surface area contributed by atoms with E-state index in [4.69, 9.17) is 15.6 Å². The number of fused-ring (bicyclic) bond motifs is 1. The molecule has 1 amide bonds. The number of methoxy groups -OCH3 is 1. The average Bonchev–Trinajstić information content (AvgIpc) is 3.30. The molecule has 0 bridgehead atoms. The number of primary amides is 1. The number of rotatable bonds is 8. The van der Waals surface area contributed by atoms with Gasteiger partial charge in [-0.25, -0.2) is 4.39 Å². The number of anilines is 1. The molecule has 11 heteroatoms. The molecule has 4 heterocycles. The van der Waals surface area contributed by atoms with Crippen LogP contribution >= 0.6 is 0 Å². The first-order valence-corrected chi connectivity index (χ1v) is 12.8. The lowest BCUT2D eigenvalue weighted by molar-refractivity contribution is -0.125. The van der Waals surface area contributed by atoms with Crippen molar-refractivity contribution >= 4 is 17.4 Å². The lowest BCUT2D eigenvalue weighted by Gasteiger charge is -2.37. The summed E-state index contributed by atoms with van der Waals surface area (Å²) in [7, 11) is 3.74. The standard InChI is InChI=1S/C26H35FN8O2/c1-32-11-13-34(14-12-32)24-8-7-23-29-30-25(35(23)31-24)15-21(26(28)36)20-9-10-33(17-22(20)27)16-18-3-5-19(37-2)6-4-18/h3-8,20-22H,9-17H2,1-2H3,(H2,28,36)/t20-,21?,22+/m0/s1. The van der Waals surface area contributed by atoms with E-state index in [0.717, 1.165) is 43.3 Å². The molecule has 0 saturated carbocycles. The number of aromatic nitrogens is 4. The molecule has 198 valence electrons. The van der Waals surface area contributed by atoms with Gasteiger partial charge in [0.25, 0.3) is 0 Å². The van der Waals surface area contributed by atoms with Crippen LogP contribution in [0, 0.1) is 11.8 Å². The fraction of sp³-hybridized carbons (Fsp3) is 0.538. The summed E-state index contributed by atoms with van der Waals surface area (Å²) >= 11 is 0. The number of hydrogen-bond donors (Lipinski definition) is 1. The molecule has 10 nitrogen and oxygen atoms in total. The molecule has 2 aliphatic rings. The highest BCUT2D eigenvalue weighted by atomic mass is 19.1. The van der Waals surface area contributed by atoms with Crippen molar-refractivity contribution in [2.45, 2.75) is 25.6 Å². The second kappa shape index (κ2) is 11.0. The Morgan fingerprint density at radius 2 is 1.86 bits per heavy atom. The topological polar surface area (TPSA) is 105 Å². The van der Waals surface area contributed by atoms with Crippen LogP contribution in [0.15, 0.2) is 36.4 Å². The summed E-state index contributed by atoms with van der Waals surface area (Å²) in [4.78, 5) is 19.1. The SMILES string of the molecule is COc1ccc(CN2CC[C@@H](C(Cc3nnc4ccc(N5CCN(C)CC5)nn34)C(N)=O)[C@H](F)C2)cc1. The first kappa shape index (κ1) is 25.3. The van der Waals surface area contributed by atoms with Crippen molar-refractivity contribution in [2.24, 2.45) is 17.6 Å². The number of amides is 1. The van der Waals surface area contributed by atoms with Crippen molar-refractivity contribution in [1.29, 1.82) is 0 Å². The van der Waals surface area contributed by atoms with Gasteiger partial charge in [0.2, 0.25) is 5.91 Å². The summed E-state index contributed by atoms with van der Waals surface area (Å²) in [5.74, 6) is 0.497. The largest absolute Gasteiger partial charge is 0.497 e. The molecule has 0 aliphatic carbocycles. The van der Waals surface area contributed by atoms with Gasteiger partial charge in [-0.2, -0.15) is 4.52 Å². The molecule has 2 fully saturated rings. The molecule has 0 radical (unpaired) electrons. The number of likely N-dealkylation sites (N-methyl/N-ethyl adjacent to an activating group) is 1. The summed E-state index contributed by atoms with van der Waals surface area (Å²) in [6.45, 7) is 5.29. The zero-order chi connectivity index (χ0) is 25.9. The predicted molar refractivity (Wildman–Crippen MR) is 138 cm³/mol. The van der Waals surface area contributed by atoms with Gasteiger partial charge in [0.05, 0.1) is 13.0 Å². The van der Waals surface area contributed by atoms with E-state index in [1.165, 1.54) is 0 Å². The lowest BCUT2D eigenvalue weighted by atomic mass is 9.80. The first-order valence-electron chi connectivity index (χ1n) is 12.8. The lowest BCUT2D eigenvalue weighted by Crippen LogP contribution is -2.47. The second-order valence-electron chi connectivity index (χ2n) is 10.1. The highest BCUT2D eigenvalue weighted by Gasteiger charge is 2.38. The van der Waals surface area contributed by atoms with Crippen molar-refractivity contribution in [3.63, 3.8) is 0 Å². The molecule has 37 heavy (non-hydrogen) atoms. The van der Waals surface area contributed by atoms with Crippen LogP contribution in [0.2, 0.25) is 0 Å². The van der Waals surface area contributed by atoms with E-state index in [-0.39, 0.29) is 13.0 Å². The monoisotopic (exact) mass is 510 g/mol. The fourth-order valence-electron chi connectivity index (χ4n) is 5.39. The smallest absolute Gasteiger partial charge is 0.221 e. The summed E-state index contributed by atoms with van der Waals surface area (Å²) in [5, 5.41) is 13.3. The van der Waals surface area contributed by atoms with Gasteiger partial charge in [0, 0.05) is 51.6 Å². The molecule has 2 aliphatic heterocycles. The molecular weight excluding hydrogens is 475 g/mol. The Hall–Kier alpha value is -3.31. The van der Waals surface area contributed by atoms with Crippen molar-refractivity contribution < 1.29 is 13.9 Å². The molecule has 0 spiro atoms. The number of carbonyl (C=O) groups is 1. The quantitative estimate of drug-likeness (QED) is 0.485. The van der Waals surface area contributed by atoms with Crippen molar-refractivity contribution in [3.8, 4) is 5.75 Å². The number of ether oxygens (including phenoxy) is 1. The maximum atomic E-state index is 15.5. The van der Waals surface area contributed by atoms with E-state index in [1.807, 2.05) is 36.4 Å². The number of likely N-dealkylation sites (tertiary alicyclic amines) is 1. The van der Waals surface area contributed by atoms with E-state index < -0.39 is 23.9 Å². The Morgan fingerprint density at radius 1 is 1.11 bits per heavy atom. The summed E-state index contributed by atoms with van der Waals surface area (Å²) in [6, 6.07) is 11.6. The Kier molecular flexibility index (Phi) is 7.52. The Labute approximate surface area is 216 Å². The average molecular weight is 511 g/mol. The number of carbonyl (C=O) groups excluding carboxylic acids is 1. The number of alkyl halides is 1. The van der Waals surface area contributed by atoms with Gasteiger partial charge in [-0.3, -0.25) is 9.69 Å². The second-order valence-corrected chi connectivity index (χ2v) is 10.1. The number of halogens is 1.